The third-order valence-corrected chi connectivity index (χ3v) is 14.0. The van der Waals surface area contributed by atoms with E-state index in [1.807, 2.05) is 0 Å². The molecule has 0 aliphatic heterocycles. The monoisotopic (exact) mass is 763 g/mol. The zero-order valence-corrected chi connectivity index (χ0v) is 34.6. The molecule has 0 N–H and O–H groups in total. The standard InChI is InChI=1S/C58H53N/c1-4-58(5-2)55-37-42(31-35-51(55)52-36-34-48(39-56(52)58)59(46-19-8-6-9-20-46)47-21-10-7-11-22-47)28-27-41-29-32-43(33-30-41)44-17-16-18-45(38-44)57-53-25-14-12-23-49(53)40(3)50-24-13-15-26-54(50)57/h6-12,14-17,19-23,25-40,45,57H,4-5,13,18,24H2,1-3H3/b28-27+/t40?,45-,57?/m1/s1. The first-order valence-corrected chi connectivity index (χ1v) is 21.9. The summed E-state index contributed by atoms with van der Waals surface area (Å²) in [6.45, 7) is 7.14. The maximum Gasteiger partial charge on any atom is 0.0465 e. The average Bonchev–Trinajstić information content (AvgIpc) is 3.58. The summed E-state index contributed by atoms with van der Waals surface area (Å²) in [5.41, 5.74) is 20.5. The number of benzene rings is 6. The van der Waals surface area contributed by atoms with Gasteiger partial charge < -0.3 is 4.90 Å². The Morgan fingerprint density at radius 3 is 1.95 bits per heavy atom. The van der Waals surface area contributed by atoms with Gasteiger partial charge in [-0.25, -0.2) is 0 Å². The van der Waals surface area contributed by atoms with Crippen LogP contribution >= 0.6 is 0 Å². The molecule has 0 saturated carbocycles. The SMILES string of the molecule is CCC1(CC)c2cc(/C=C/c3ccc(C4=C[C@H](C5C6=C(CCC=C6)C(C)c6ccccc65)CC=C4)cc3)ccc2-c2ccc(N(c3ccccc3)c3ccccc3)cc21. The van der Waals surface area contributed by atoms with Crippen LogP contribution in [0.3, 0.4) is 0 Å². The van der Waals surface area contributed by atoms with E-state index in [0.717, 1.165) is 37.1 Å². The minimum atomic E-state index is -0.0480. The van der Waals surface area contributed by atoms with Crippen molar-refractivity contribution in [3.8, 4) is 11.1 Å². The first-order valence-electron chi connectivity index (χ1n) is 21.9. The molecule has 0 spiro atoms. The first-order chi connectivity index (χ1) is 29.1. The fourth-order valence-corrected chi connectivity index (χ4v) is 10.9. The molecule has 6 aromatic carbocycles. The zero-order valence-electron chi connectivity index (χ0n) is 34.6. The third kappa shape index (κ3) is 6.49. The fraction of sp³-hybridized carbons (Fsp3) is 0.207. The second-order valence-electron chi connectivity index (χ2n) is 17.0. The van der Waals surface area contributed by atoms with Crippen LogP contribution in [-0.4, -0.2) is 0 Å². The van der Waals surface area contributed by atoms with Crippen LogP contribution in [0.1, 0.15) is 104 Å². The second-order valence-corrected chi connectivity index (χ2v) is 17.0. The van der Waals surface area contributed by atoms with E-state index in [2.05, 4.69) is 214 Å². The lowest BCUT2D eigenvalue weighted by molar-refractivity contribution is 0.490. The highest BCUT2D eigenvalue weighted by molar-refractivity contribution is 5.87. The van der Waals surface area contributed by atoms with Crippen molar-refractivity contribution in [3.05, 3.63) is 226 Å². The van der Waals surface area contributed by atoms with Crippen molar-refractivity contribution in [2.45, 2.75) is 70.1 Å². The van der Waals surface area contributed by atoms with Gasteiger partial charge in [0.15, 0.2) is 0 Å². The number of hydrogen-bond acceptors (Lipinski definition) is 1. The normalized spacial score (nSPS) is 19.8. The Kier molecular flexibility index (Phi) is 9.77. The Bertz CT molecular complexity index is 2620. The van der Waals surface area contributed by atoms with Crippen LogP contribution < -0.4 is 4.90 Å². The Balaban J connectivity index is 0.917. The third-order valence-electron chi connectivity index (χ3n) is 14.0. The predicted octanol–water partition coefficient (Wildman–Crippen LogP) is 15.9. The van der Waals surface area contributed by atoms with Crippen molar-refractivity contribution in [3.63, 3.8) is 0 Å². The summed E-state index contributed by atoms with van der Waals surface area (Å²) >= 11 is 0. The van der Waals surface area contributed by atoms with Gasteiger partial charge in [0.05, 0.1) is 0 Å². The molecule has 0 fully saturated rings. The van der Waals surface area contributed by atoms with Gasteiger partial charge in [0.25, 0.3) is 0 Å². The minimum absolute atomic E-state index is 0.0480. The van der Waals surface area contributed by atoms with E-state index in [1.54, 1.807) is 11.1 Å². The summed E-state index contributed by atoms with van der Waals surface area (Å²) in [5.74, 6) is 1.36. The summed E-state index contributed by atoms with van der Waals surface area (Å²) in [6.07, 6.45) is 22.3. The Morgan fingerprint density at radius 1 is 0.610 bits per heavy atom. The van der Waals surface area contributed by atoms with Crippen LogP contribution in [0.15, 0.2) is 187 Å². The number of nitrogens with zero attached hydrogens (tertiary/aromatic N) is 1. The van der Waals surface area contributed by atoms with E-state index in [1.165, 1.54) is 67.8 Å². The number of anilines is 3. The smallest absolute Gasteiger partial charge is 0.0465 e. The van der Waals surface area contributed by atoms with Gasteiger partial charge in [-0.2, -0.15) is 0 Å². The van der Waals surface area contributed by atoms with Gasteiger partial charge in [0.1, 0.15) is 0 Å². The molecule has 0 saturated heterocycles. The topological polar surface area (TPSA) is 3.24 Å². The van der Waals surface area contributed by atoms with E-state index < -0.39 is 0 Å². The van der Waals surface area contributed by atoms with E-state index in [-0.39, 0.29) is 5.41 Å². The van der Waals surface area contributed by atoms with E-state index >= 15 is 0 Å². The van der Waals surface area contributed by atoms with Gasteiger partial charge in [0.2, 0.25) is 0 Å². The fourth-order valence-electron chi connectivity index (χ4n) is 10.9. The lowest BCUT2D eigenvalue weighted by Crippen LogP contribution is -2.24. The highest BCUT2D eigenvalue weighted by Gasteiger charge is 2.41. The zero-order chi connectivity index (χ0) is 39.9. The molecule has 59 heavy (non-hydrogen) atoms. The average molecular weight is 764 g/mol. The number of rotatable bonds is 9. The van der Waals surface area contributed by atoms with Crippen LogP contribution in [0, 0.1) is 5.92 Å². The number of fused-ring (bicyclic) bond motifs is 4. The highest BCUT2D eigenvalue weighted by atomic mass is 15.1. The van der Waals surface area contributed by atoms with Gasteiger partial charge in [-0.1, -0.05) is 178 Å². The number of para-hydroxylation sites is 2. The summed E-state index contributed by atoms with van der Waals surface area (Å²) < 4.78 is 0. The van der Waals surface area contributed by atoms with Crippen molar-refractivity contribution < 1.29 is 0 Å². The molecule has 4 aliphatic rings. The Morgan fingerprint density at radius 2 is 1.24 bits per heavy atom. The number of hydrogen-bond donors (Lipinski definition) is 0. The number of allylic oxidation sites excluding steroid dienone is 8. The van der Waals surface area contributed by atoms with Crippen molar-refractivity contribution in [1.29, 1.82) is 0 Å². The lowest BCUT2D eigenvalue weighted by Gasteiger charge is -2.39. The van der Waals surface area contributed by atoms with Crippen molar-refractivity contribution >= 4 is 34.8 Å². The molecule has 0 heterocycles. The Labute approximate surface area is 351 Å². The van der Waals surface area contributed by atoms with Crippen LogP contribution in [0.4, 0.5) is 17.1 Å². The quantitative estimate of drug-likeness (QED) is 0.133. The molecule has 2 unspecified atom stereocenters. The van der Waals surface area contributed by atoms with E-state index in [9.17, 15) is 0 Å². The van der Waals surface area contributed by atoms with E-state index in [0.29, 0.717) is 17.8 Å². The largest absolute Gasteiger partial charge is 0.310 e. The molecule has 6 aromatic rings. The summed E-state index contributed by atoms with van der Waals surface area (Å²) in [5, 5.41) is 0. The molecule has 0 bridgehead atoms. The molecular formula is C58H53N. The van der Waals surface area contributed by atoms with Gasteiger partial charge in [-0.3, -0.25) is 0 Å². The summed E-state index contributed by atoms with van der Waals surface area (Å²) in [4.78, 5) is 2.38. The van der Waals surface area contributed by atoms with Crippen LogP contribution in [0.5, 0.6) is 0 Å². The van der Waals surface area contributed by atoms with Crippen LogP contribution in [-0.2, 0) is 5.41 Å². The van der Waals surface area contributed by atoms with Crippen LogP contribution in [0.2, 0.25) is 0 Å². The molecule has 1 nitrogen and oxygen atoms in total. The second kappa shape index (κ2) is 15.5. The van der Waals surface area contributed by atoms with Crippen molar-refractivity contribution in [2.75, 3.05) is 4.90 Å². The maximum atomic E-state index is 2.56. The first kappa shape index (κ1) is 37.1. The molecule has 0 radical (unpaired) electrons. The Hall–Kier alpha value is -6.18. The van der Waals surface area contributed by atoms with E-state index in [4.69, 9.17) is 0 Å². The van der Waals surface area contributed by atoms with Gasteiger partial charge in [-0.15, -0.1) is 0 Å². The molecule has 1 heteroatoms. The molecule has 0 amide bonds. The molecular weight excluding hydrogens is 711 g/mol. The summed E-state index contributed by atoms with van der Waals surface area (Å²) in [6, 6.07) is 54.1. The van der Waals surface area contributed by atoms with Gasteiger partial charge in [0, 0.05) is 34.3 Å². The minimum Gasteiger partial charge on any atom is -0.310 e. The van der Waals surface area contributed by atoms with Crippen molar-refractivity contribution in [1.82, 2.24) is 0 Å². The molecule has 290 valence electrons. The predicted molar refractivity (Wildman–Crippen MR) is 252 cm³/mol. The summed E-state index contributed by atoms with van der Waals surface area (Å²) in [7, 11) is 0. The van der Waals surface area contributed by atoms with Crippen LogP contribution in [0.25, 0.3) is 28.9 Å². The lowest BCUT2D eigenvalue weighted by atomic mass is 9.65. The molecule has 4 aliphatic carbocycles. The van der Waals surface area contributed by atoms with Crippen molar-refractivity contribution in [2.24, 2.45) is 5.92 Å². The molecule has 0 aromatic heterocycles. The maximum absolute atomic E-state index is 2.56. The molecule has 10 rings (SSSR count). The van der Waals surface area contributed by atoms with Gasteiger partial charge >= 0.3 is 0 Å². The molecule has 3 atom stereocenters. The highest BCUT2D eigenvalue weighted by Crippen LogP contribution is 2.55. The van der Waals surface area contributed by atoms with Gasteiger partial charge in [-0.05, 0) is 136 Å².